The van der Waals surface area contributed by atoms with E-state index < -0.39 is 37.6 Å². The Bertz CT molecular complexity index is 678. The number of carbonyl (C=O) groups excluding carboxylic acids is 2. The van der Waals surface area contributed by atoms with E-state index >= 15 is 0 Å². The second-order valence-electron chi connectivity index (χ2n) is 7.82. The Labute approximate surface area is 178 Å². The molecule has 5 atom stereocenters. The highest BCUT2D eigenvalue weighted by atomic mass is 32.2. The maximum absolute atomic E-state index is 12.6. The third-order valence-electron chi connectivity index (χ3n) is 5.66. The first kappa shape index (κ1) is 25.7. The average Bonchev–Trinajstić information content (AvgIpc) is 3.46. The highest BCUT2D eigenvalue weighted by Gasteiger charge is 2.45. The van der Waals surface area contributed by atoms with E-state index in [0.717, 1.165) is 6.42 Å². The van der Waals surface area contributed by atoms with E-state index in [9.17, 15) is 27.9 Å². The van der Waals surface area contributed by atoms with Crippen LogP contribution in [0.3, 0.4) is 0 Å². The molecule has 2 amide bonds. The van der Waals surface area contributed by atoms with Gasteiger partial charge in [0.15, 0.2) is 0 Å². The Morgan fingerprint density at radius 2 is 1.55 bits per heavy atom. The number of carboxylic acid groups (broad SMARTS) is 1. The van der Waals surface area contributed by atoms with E-state index in [1.165, 1.54) is 18.7 Å². The largest absolute Gasteiger partial charge is 0.480 e. The standard InChI is InChI=1S/C19H34N2O6S2/c1-7-20(8-2)17(24)28(26)13(4)15-12-14(15)10-11-21(9-3)18(25)29(27)19(5,6)16(22)23/h13-15H,7-12H2,1-6H3,(H,22,23). The molecule has 0 saturated heterocycles. The lowest BCUT2D eigenvalue weighted by atomic mass is 10.2. The van der Waals surface area contributed by atoms with Crippen LogP contribution in [0.15, 0.2) is 0 Å². The molecule has 1 N–H and O–H groups in total. The van der Waals surface area contributed by atoms with Crippen molar-refractivity contribution in [3.63, 3.8) is 0 Å². The van der Waals surface area contributed by atoms with Gasteiger partial charge in [0, 0.05) is 31.4 Å². The van der Waals surface area contributed by atoms with Crippen molar-refractivity contribution in [3.05, 3.63) is 0 Å². The van der Waals surface area contributed by atoms with Gasteiger partial charge in [-0.1, -0.05) is 0 Å². The fourth-order valence-electron chi connectivity index (χ4n) is 3.22. The number of hydrogen-bond acceptors (Lipinski definition) is 5. The van der Waals surface area contributed by atoms with Gasteiger partial charge in [0.2, 0.25) is 0 Å². The molecule has 1 saturated carbocycles. The third-order valence-corrected chi connectivity index (χ3v) is 8.96. The number of nitrogens with zero attached hydrogens (tertiary/aromatic N) is 2. The van der Waals surface area contributed by atoms with Gasteiger partial charge in [-0.2, -0.15) is 0 Å². The number of hydrogen-bond donors (Lipinski definition) is 1. The second kappa shape index (κ2) is 10.7. The summed E-state index contributed by atoms with van der Waals surface area (Å²) in [6, 6.07) is 0. The molecule has 1 aliphatic rings. The van der Waals surface area contributed by atoms with Crippen molar-refractivity contribution >= 4 is 38.0 Å². The molecule has 29 heavy (non-hydrogen) atoms. The van der Waals surface area contributed by atoms with Crippen molar-refractivity contribution in [1.82, 2.24) is 9.80 Å². The van der Waals surface area contributed by atoms with Crippen molar-refractivity contribution in [2.45, 2.75) is 64.4 Å². The number of amides is 2. The van der Waals surface area contributed by atoms with Crippen molar-refractivity contribution in [2.75, 3.05) is 26.2 Å². The van der Waals surface area contributed by atoms with Gasteiger partial charge < -0.3 is 14.9 Å². The molecule has 1 rings (SSSR count). The fourth-order valence-corrected chi connectivity index (χ4v) is 5.75. The summed E-state index contributed by atoms with van der Waals surface area (Å²) in [6.07, 6.45) is 1.49. The lowest BCUT2D eigenvalue weighted by Crippen LogP contribution is -2.45. The molecule has 0 aromatic heterocycles. The zero-order valence-electron chi connectivity index (χ0n) is 18.2. The molecule has 0 aliphatic heterocycles. The average molecular weight is 451 g/mol. The zero-order valence-corrected chi connectivity index (χ0v) is 19.8. The predicted molar refractivity (Wildman–Crippen MR) is 115 cm³/mol. The number of aliphatic carboxylic acids is 1. The molecule has 8 nitrogen and oxygen atoms in total. The van der Waals surface area contributed by atoms with Crippen LogP contribution < -0.4 is 0 Å². The molecule has 0 aromatic carbocycles. The number of rotatable bonds is 10. The molecule has 0 bridgehead atoms. The van der Waals surface area contributed by atoms with E-state index in [0.29, 0.717) is 32.6 Å². The monoisotopic (exact) mass is 450 g/mol. The molecule has 0 spiro atoms. The first-order valence-electron chi connectivity index (χ1n) is 10.1. The maximum Gasteiger partial charge on any atom is 0.322 e. The Hall–Kier alpha value is -1.29. The first-order chi connectivity index (χ1) is 13.4. The molecular weight excluding hydrogens is 416 g/mol. The van der Waals surface area contributed by atoms with Crippen LogP contribution in [0.25, 0.3) is 0 Å². The summed E-state index contributed by atoms with van der Waals surface area (Å²) in [6.45, 7) is 11.6. The highest BCUT2D eigenvalue weighted by molar-refractivity contribution is 8.02. The molecule has 1 fully saturated rings. The lowest BCUT2D eigenvalue weighted by Gasteiger charge is -2.25. The topological polar surface area (TPSA) is 112 Å². The molecule has 5 unspecified atom stereocenters. The van der Waals surface area contributed by atoms with Gasteiger partial charge in [0.1, 0.15) is 26.3 Å². The molecule has 168 valence electrons. The summed E-state index contributed by atoms with van der Waals surface area (Å²) in [4.78, 5) is 39.0. The molecule has 0 aromatic rings. The third kappa shape index (κ3) is 6.10. The summed E-state index contributed by atoms with van der Waals surface area (Å²) >= 11 is 0. The summed E-state index contributed by atoms with van der Waals surface area (Å²) in [7, 11) is -3.76. The quantitative estimate of drug-likeness (QED) is 0.548. The minimum Gasteiger partial charge on any atom is -0.480 e. The van der Waals surface area contributed by atoms with E-state index in [-0.39, 0.29) is 22.3 Å². The van der Waals surface area contributed by atoms with Crippen LogP contribution >= 0.6 is 0 Å². The molecular formula is C19H34N2O6S2. The van der Waals surface area contributed by atoms with Gasteiger partial charge in [0.25, 0.3) is 0 Å². The molecule has 1 aliphatic carbocycles. The van der Waals surface area contributed by atoms with Crippen LogP contribution in [0.4, 0.5) is 9.59 Å². The van der Waals surface area contributed by atoms with Crippen LogP contribution in [-0.4, -0.2) is 75.9 Å². The van der Waals surface area contributed by atoms with E-state index in [2.05, 4.69) is 0 Å². The molecule has 0 heterocycles. The molecule has 0 radical (unpaired) electrons. The van der Waals surface area contributed by atoms with Gasteiger partial charge >= 0.3 is 16.4 Å². The van der Waals surface area contributed by atoms with Gasteiger partial charge in [-0.15, -0.1) is 0 Å². The smallest absolute Gasteiger partial charge is 0.322 e. The van der Waals surface area contributed by atoms with Gasteiger partial charge in [-0.05, 0) is 66.2 Å². The maximum atomic E-state index is 12.6. The highest BCUT2D eigenvalue weighted by Crippen LogP contribution is 2.45. The minimum atomic E-state index is -2.18. The fraction of sp³-hybridized carbons (Fsp3) is 0.842. The lowest BCUT2D eigenvalue weighted by molar-refractivity contribution is -0.139. The zero-order chi connectivity index (χ0) is 22.5. The SMILES string of the molecule is CCN(CC)C(=O)S(=O)C(C)C1CC1CCN(CC)C(=O)S(=O)C(C)(C)C(=O)O. The Kier molecular flexibility index (Phi) is 9.46. The van der Waals surface area contributed by atoms with E-state index in [1.807, 2.05) is 20.8 Å². The second-order valence-corrected chi connectivity index (χ2v) is 11.4. The first-order valence-corrected chi connectivity index (χ1v) is 12.4. The normalized spacial score (nSPS) is 21.7. The summed E-state index contributed by atoms with van der Waals surface area (Å²) < 4.78 is 23.3. The van der Waals surface area contributed by atoms with E-state index in [1.54, 1.807) is 11.8 Å². The van der Waals surface area contributed by atoms with Crippen molar-refractivity contribution in [1.29, 1.82) is 0 Å². The van der Waals surface area contributed by atoms with Gasteiger partial charge in [-0.25, -0.2) is 8.42 Å². The number of carboxylic acids is 1. The molecule has 10 heteroatoms. The summed E-state index contributed by atoms with van der Waals surface area (Å²) in [5.74, 6) is -0.872. The predicted octanol–water partition coefficient (Wildman–Crippen LogP) is 2.67. The minimum absolute atomic E-state index is 0.158. The Morgan fingerprint density at radius 3 is 2.00 bits per heavy atom. The van der Waals surface area contributed by atoms with E-state index in [4.69, 9.17) is 0 Å². The van der Waals surface area contributed by atoms with Crippen LogP contribution in [-0.2, 0) is 26.4 Å². The Morgan fingerprint density at radius 1 is 1.03 bits per heavy atom. The van der Waals surface area contributed by atoms with Crippen molar-refractivity contribution in [3.8, 4) is 0 Å². The van der Waals surface area contributed by atoms with Gasteiger partial charge in [-0.3, -0.25) is 14.4 Å². The van der Waals surface area contributed by atoms with Crippen LogP contribution in [0.1, 0.15) is 54.4 Å². The van der Waals surface area contributed by atoms with Crippen LogP contribution in [0, 0.1) is 11.8 Å². The Balaban J connectivity index is 2.63. The summed E-state index contributed by atoms with van der Waals surface area (Å²) in [5, 5.41) is 7.93. The van der Waals surface area contributed by atoms with Gasteiger partial charge in [0.05, 0.1) is 0 Å². The summed E-state index contributed by atoms with van der Waals surface area (Å²) in [5.41, 5.74) is 0. The van der Waals surface area contributed by atoms with Crippen LogP contribution in [0.5, 0.6) is 0 Å². The number of carbonyl (C=O) groups is 3. The van der Waals surface area contributed by atoms with Crippen molar-refractivity contribution in [2.24, 2.45) is 11.8 Å². The van der Waals surface area contributed by atoms with Crippen LogP contribution in [0.2, 0.25) is 0 Å². The van der Waals surface area contributed by atoms with Crippen molar-refractivity contribution < 1.29 is 27.9 Å².